The lowest BCUT2D eigenvalue weighted by Gasteiger charge is -2.34. The maximum Gasteiger partial charge on any atom is 0.243 e. The number of thiophene rings is 1. The van der Waals surface area contributed by atoms with Gasteiger partial charge in [0.05, 0.1) is 18.1 Å². The van der Waals surface area contributed by atoms with Gasteiger partial charge in [-0.1, -0.05) is 18.2 Å². The zero-order valence-electron chi connectivity index (χ0n) is 16.0. The highest BCUT2D eigenvalue weighted by Crippen LogP contribution is 2.20. The molecule has 6 nitrogen and oxygen atoms in total. The lowest BCUT2D eigenvalue weighted by Crippen LogP contribution is -2.45. The van der Waals surface area contributed by atoms with E-state index in [1.54, 1.807) is 6.07 Å². The van der Waals surface area contributed by atoms with Crippen molar-refractivity contribution >= 4 is 21.4 Å². The molecule has 1 aromatic heterocycles. The summed E-state index contributed by atoms with van der Waals surface area (Å²) in [5.41, 5.74) is 1.06. The summed E-state index contributed by atoms with van der Waals surface area (Å²) >= 11 is 1.81. The predicted molar refractivity (Wildman–Crippen MR) is 111 cm³/mol. The van der Waals surface area contributed by atoms with Crippen molar-refractivity contribution in [3.8, 4) is 0 Å². The second-order valence-corrected chi connectivity index (χ2v) is 10.3. The summed E-state index contributed by atoms with van der Waals surface area (Å²) in [4.78, 5) is 6.70. The van der Waals surface area contributed by atoms with Gasteiger partial charge in [0, 0.05) is 57.2 Å². The number of piperazine rings is 1. The van der Waals surface area contributed by atoms with Crippen LogP contribution in [0.2, 0.25) is 0 Å². The molecule has 0 N–H and O–H groups in total. The summed E-state index contributed by atoms with van der Waals surface area (Å²) < 4.78 is 32.6. The van der Waals surface area contributed by atoms with Gasteiger partial charge in [0.1, 0.15) is 0 Å². The summed E-state index contributed by atoms with van der Waals surface area (Å²) in [6.45, 7) is 7.71. The minimum absolute atomic E-state index is 0.392. The zero-order valence-corrected chi connectivity index (χ0v) is 17.6. The van der Waals surface area contributed by atoms with Crippen molar-refractivity contribution in [2.75, 3.05) is 52.5 Å². The minimum atomic E-state index is -3.44. The number of morpholine rings is 1. The molecule has 2 saturated heterocycles. The topological polar surface area (TPSA) is 53.1 Å². The van der Waals surface area contributed by atoms with Crippen molar-refractivity contribution in [1.82, 2.24) is 14.1 Å². The van der Waals surface area contributed by atoms with Gasteiger partial charge in [-0.3, -0.25) is 9.80 Å². The van der Waals surface area contributed by atoms with Gasteiger partial charge in [-0.05, 0) is 29.1 Å². The first kappa shape index (κ1) is 20.0. The number of benzene rings is 1. The number of hydrogen-bond acceptors (Lipinski definition) is 6. The first-order chi connectivity index (χ1) is 13.6. The molecule has 0 saturated carbocycles. The van der Waals surface area contributed by atoms with E-state index in [9.17, 15) is 8.42 Å². The maximum absolute atomic E-state index is 12.9. The van der Waals surface area contributed by atoms with Crippen LogP contribution in [0.4, 0.5) is 0 Å². The van der Waals surface area contributed by atoms with Crippen molar-refractivity contribution < 1.29 is 13.2 Å². The molecule has 152 valence electrons. The lowest BCUT2D eigenvalue weighted by atomic mass is 10.2. The second kappa shape index (κ2) is 9.02. The van der Waals surface area contributed by atoms with Gasteiger partial charge in [-0.15, -0.1) is 11.3 Å². The van der Waals surface area contributed by atoms with Gasteiger partial charge in [-0.2, -0.15) is 4.31 Å². The van der Waals surface area contributed by atoms with Gasteiger partial charge in [0.15, 0.2) is 0 Å². The summed E-state index contributed by atoms with van der Waals surface area (Å²) in [6.07, 6.45) is 0. The van der Waals surface area contributed by atoms with Crippen LogP contribution in [0.15, 0.2) is 46.7 Å². The van der Waals surface area contributed by atoms with Crippen LogP contribution in [0.3, 0.4) is 0 Å². The molecule has 0 amide bonds. The zero-order chi connectivity index (χ0) is 19.4. The number of ether oxygens (including phenoxy) is 1. The van der Waals surface area contributed by atoms with Crippen LogP contribution >= 0.6 is 11.3 Å². The largest absolute Gasteiger partial charge is 0.379 e. The van der Waals surface area contributed by atoms with Crippen LogP contribution in [0.25, 0.3) is 0 Å². The van der Waals surface area contributed by atoms with Crippen LogP contribution in [-0.4, -0.2) is 75.0 Å². The van der Waals surface area contributed by atoms with E-state index in [1.165, 1.54) is 9.18 Å². The monoisotopic (exact) mass is 421 g/mol. The Morgan fingerprint density at radius 2 is 1.61 bits per heavy atom. The SMILES string of the molecule is O=S(=O)(c1cccc(CN2CCN(Cc3cccs3)CC2)c1)N1CCOCC1. The molecular weight excluding hydrogens is 394 g/mol. The average Bonchev–Trinajstić information content (AvgIpc) is 3.23. The minimum Gasteiger partial charge on any atom is -0.379 e. The molecule has 0 radical (unpaired) electrons. The Kier molecular flexibility index (Phi) is 6.45. The van der Waals surface area contributed by atoms with Crippen LogP contribution in [-0.2, 0) is 27.8 Å². The quantitative estimate of drug-likeness (QED) is 0.715. The summed E-state index contributed by atoms with van der Waals surface area (Å²) in [7, 11) is -3.44. The molecule has 28 heavy (non-hydrogen) atoms. The molecule has 0 spiro atoms. The highest BCUT2D eigenvalue weighted by Gasteiger charge is 2.26. The Balaban J connectivity index is 1.35. The summed E-state index contributed by atoms with van der Waals surface area (Å²) in [5, 5.41) is 2.13. The lowest BCUT2D eigenvalue weighted by molar-refractivity contribution is 0.0730. The smallest absolute Gasteiger partial charge is 0.243 e. The van der Waals surface area contributed by atoms with E-state index in [2.05, 4.69) is 27.3 Å². The van der Waals surface area contributed by atoms with Crippen LogP contribution in [0, 0.1) is 0 Å². The Hall–Kier alpha value is -1.29. The highest BCUT2D eigenvalue weighted by atomic mass is 32.2. The van der Waals surface area contributed by atoms with E-state index in [0.29, 0.717) is 31.2 Å². The molecule has 2 aromatic rings. The fraction of sp³-hybridized carbons (Fsp3) is 0.500. The van der Waals surface area contributed by atoms with Crippen molar-refractivity contribution in [2.24, 2.45) is 0 Å². The van der Waals surface area contributed by atoms with Crippen LogP contribution in [0.5, 0.6) is 0 Å². The van der Waals surface area contributed by atoms with Crippen molar-refractivity contribution in [1.29, 1.82) is 0 Å². The molecular formula is C20H27N3O3S2. The number of nitrogens with zero attached hydrogens (tertiary/aromatic N) is 3. The molecule has 0 bridgehead atoms. The van der Waals surface area contributed by atoms with Crippen molar-refractivity contribution in [3.05, 3.63) is 52.2 Å². The van der Waals surface area contributed by atoms with Gasteiger partial charge >= 0.3 is 0 Å². The Bertz CT molecular complexity index is 857. The standard InChI is InChI=1S/C20H27N3O3S2/c24-28(25,23-10-12-26-13-11-23)20-5-1-3-18(15-20)16-21-6-8-22(9-7-21)17-19-4-2-14-27-19/h1-5,14-15H,6-13,16-17H2. The number of sulfonamides is 1. The third-order valence-electron chi connectivity index (χ3n) is 5.34. The molecule has 0 aliphatic carbocycles. The summed E-state index contributed by atoms with van der Waals surface area (Å²) in [5.74, 6) is 0. The molecule has 0 atom stereocenters. The van der Waals surface area contributed by atoms with E-state index in [0.717, 1.165) is 44.8 Å². The van der Waals surface area contributed by atoms with Gasteiger partial charge in [0.2, 0.25) is 10.0 Å². The fourth-order valence-electron chi connectivity index (χ4n) is 3.73. The van der Waals surface area contributed by atoms with Crippen LogP contribution in [0.1, 0.15) is 10.4 Å². The molecule has 8 heteroatoms. The molecule has 2 fully saturated rings. The van der Waals surface area contributed by atoms with Crippen molar-refractivity contribution in [3.63, 3.8) is 0 Å². The third kappa shape index (κ3) is 4.82. The molecule has 3 heterocycles. The molecule has 0 unspecified atom stereocenters. The summed E-state index contributed by atoms with van der Waals surface area (Å²) in [6, 6.07) is 11.7. The second-order valence-electron chi connectivity index (χ2n) is 7.30. The van der Waals surface area contributed by atoms with E-state index in [1.807, 2.05) is 29.5 Å². The molecule has 4 rings (SSSR count). The first-order valence-electron chi connectivity index (χ1n) is 9.75. The highest BCUT2D eigenvalue weighted by molar-refractivity contribution is 7.89. The molecule has 2 aliphatic heterocycles. The Morgan fingerprint density at radius 3 is 2.29 bits per heavy atom. The van der Waals surface area contributed by atoms with Gasteiger partial charge < -0.3 is 4.74 Å². The Morgan fingerprint density at radius 1 is 0.893 bits per heavy atom. The van der Waals surface area contributed by atoms with E-state index >= 15 is 0 Å². The van der Waals surface area contributed by atoms with Gasteiger partial charge in [0.25, 0.3) is 0 Å². The van der Waals surface area contributed by atoms with E-state index in [-0.39, 0.29) is 0 Å². The first-order valence-corrected chi connectivity index (χ1v) is 12.1. The molecule has 2 aliphatic rings. The Labute approximate surface area is 171 Å². The van der Waals surface area contributed by atoms with Crippen molar-refractivity contribution in [2.45, 2.75) is 18.0 Å². The predicted octanol–water partition coefficient (Wildman–Crippen LogP) is 2.09. The fourth-order valence-corrected chi connectivity index (χ4v) is 5.95. The van der Waals surface area contributed by atoms with Crippen LogP contribution < -0.4 is 0 Å². The average molecular weight is 422 g/mol. The number of hydrogen-bond donors (Lipinski definition) is 0. The maximum atomic E-state index is 12.9. The number of rotatable bonds is 6. The van der Waals surface area contributed by atoms with E-state index < -0.39 is 10.0 Å². The van der Waals surface area contributed by atoms with Gasteiger partial charge in [-0.25, -0.2) is 8.42 Å². The molecule has 1 aromatic carbocycles. The normalized spacial score (nSPS) is 20.4. The van der Waals surface area contributed by atoms with E-state index in [4.69, 9.17) is 4.74 Å². The third-order valence-corrected chi connectivity index (χ3v) is 8.09.